The van der Waals surface area contributed by atoms with E-state index in [4.69, 9.17) is 4.74 Å². The number of esters is 1. The van der Waals surface area contributed by atoms with Crippen LogP contribution in [-0.4, -0.2) is 17.4 Å². The Balaban J connectivity index is 3.84. The van der Waals surface area contributed by atoms with Gasteiger partial charge in [0.15, 0.2) is 0 Å². The summed E-state index contributed by atoms with van der Waals surface area (Å²) in [6.45, 7) is 4.48. The number of hydrogen-bond acceptors (Lipinski definition) is 2. The van der Waals surface area contributed by atoms with Gasteiger partial charge in [-0.3, -0.25) is 4.79 Å². The zero-order valence-electron chi connectivity index (χ0n) is 17.7. The predicted molar refractivity (Wildman–Crippen MR) is 118 cm³/mol. The second kappa shape index (κ2) is 21.3. The van der Waals surface area contributed by atoms with Crippen molar-refractivity contribution >= 4 is 21.9 Å². The van der Waals surface area contributed by atoms with Gasteiger partial charge in [0.1, 0.15) is 6.10 Å². The molecule has 0 aromatic heterocycles. The molecule has 0 rings (SSSR count). The number of rotatable bonds is 20. The Kier molecular flexibility index (Phi) is 21.2. The third kappa shape index (κ3) is 18.7. The molecular formula is C23H45BrO2. The smallest absolute Gasteiger partial charge is 0.306 e. The summed E-state index contributed by atoms with van der Waals surface area (Å²) in [4.78, 5) is 12.2. The van der Waals surface area contributed by atoms with Crippen molar-refractivity contribution in [1.29, 1.82) is 0 Å². The van der Waals surface area contributed by atoms with Crippen LogP contribution in [0.15, 0.2) is 0 Å². The summed E-state index contributed by atoms with van der Waals surface area (Å²) in [6, 6.07) is 0. The third-order valence-electron chi connectivity index (χ3n) is 5.07. The Morgan fingerprint density at radius 3 is 1.65 bits per heavy atom. The van der Waals surface area contributed by atoms with Gasteiger partial charge in [-0.2, -0.15) is 0 Å². The third-order valence-corrected chi connectivity index (χ3v) is 5.63. The maximum atomic E-state index is 12.2. The van der Waals surface area contributed by atoms with Crippen molar-refractivity contribution < 1.29 is 9.53 Å². The molecule has 0 saturated carbocycles. The molecule has 0 aliphatic rings. The first-order chi connectivity index (χ1) is 12.7. The van der Waals surface area contributed by atoms with Crippen LogP contribution in [0, 0.1) is 0 Å². The van der Waals surface area contributed by atoms with Crippen LogP contribution in [0.5, 0.6) is 0 Å². The summed E-state index contributed by atoms with van der Waals surface area (Å²) < 4.78 is 5.83. The van der Waals surface area contributed by atoms with E-state index in [9.17, 15) is 4.79 Å². The van der Waals surface area contributed by atoms with E-state index in [2.05, 4.69) is 29.8 Å². The van der Waals surface area contributed by atoms with Crippen LogP contribution >= 0.6 is 15.9 Å². The Morgan fingerprint density at radius 1 is 0.692 bits per heavy atom. The topological polar surface area (TPSA) is 26.3 Å². The summed E-state index contributed by atoms with van der Waals surface area (Å²) in [5.74, 6) is 0.0419. The Bertz CT molecular complexity index is 282. The lowest BCUT2D eigenvalue weighted by Gasteiger charge is -2.18. The molecule has 0 aliphatic heterocycles. The maximum Gasteiger partial charge on any atom is 0.306 e. The van der Waals surface area contributed by atoms with Gasteiger partial charge in [0, 0.05) is 11.8 Å². The van der Waals surface area contributed by atoms with Crippen molar-refractivity contribution in [1.82, 2.24) is 0 Å². The molecule has 0 spiro atoms. The first-order valence-corrected chi connectivity index (χ1v) is 12.6. The molecule has 0 bridgehead atoms. The van der Waals surface area contributed by atoms with Crippen LogP contribution in [0.2, 0.25) is 0 Å². The predicted octanol–water partition coefficient (Wildman–Crippen LogP) is 8.35. The van der Waals surface area contributed by atoms with E-state index in [1.54, 1.807) is 0 Å². The normalized spacial score (nSPS) is 11.2. The molecule has 2 nitrogen and oxygen atoms in total. The Labute approximate surface area is 172 Å². The van der Waals surface area contributed by atoms with Gasteiger partial charge in [-0.15, -0.1) is 0 Å². The van der Waals surface area contributed by atoms with Gasteiger partial charge in [0.25, 0.3) is 0 Å². The van der Waals surface area contributed by atoms with Crippen molar-refractivity contribution in [2.75, 3.05) is 5.33 Å². The highest BCUT2D eigenvalue weighted by Crippen LogP contribution is 2.17. The molecule has 0 heterocycles. The van der Waals surface area contributed by atoms with Crippen LogP contribution in [0.3, 0.4) is 0 Å². The lowest BCUT2D eigenvalue weighted by Crippen LogP contribution is -2.18. The van der Waals surface area contributed by atoms with Gasteiger partial charge in [-0.05, 0) is 38.5 Å². The molecule has 0 unspecified atom stereocenters. The molecule has 0 atom stereocenters. The van der Waals surface area contributed by atoms with Gasteiger partial charge >= 0.3 is 5.97 Å². The van der Waals surface area contributed by atoms with Crippen molar-refractivity contribution in [3.05, 3.63) is 0 Å². The van der Waals surface area contributed by atoms with E-state index >= 15 is 0 Å². The molecule has 0 aliphatic carbocycles. The highest BCUT2D eigenvalue weighted by atomic mass is 79.9. The number of carbonyl (C=O) groups is 1. The fraction of sp³-hybridized carbons (Fsp3) is 0.957. The summed E-state index contributed by atoms with van der Waals surface area (Å²) >= 11 is 3.47. The average Bonchev–Trinajstić information content (AvgIpc) is 2.64. The molecule has 0 N–H and O–H groups in total. The molecule has 0 aromatic carbocycles. The molecule has 3 heteroatoms. The number of carbonyl (C=O) groups excluding carboxylic acids is 1. The molecule has 0 fully saturated rings. The number of halogens is 1. The van der Waals surface area contributed by atoms with Crippen LogP contribution < -0.4 is 0 Å². The molecule has 0 saturated heterocycles. The van der Waals surface area contributed by atoms with Gasteiger partial charge < -0.3 is 4.74 Å². The minimum absolute atomic E-state index is 0.0419. The van der Waals surface area contributed by atoms with Crippen molar-refractivity contribution in [2.45, 2.75) is 136 Å². The Morgan fingerprint density at radius 2 is 1.15 bits per heavy atom. The molecule has 156 valence electrons. The van der Waals surface area contributed by atoms with E-state index < -0.39 is 0 Å². The summed E-state index contributed by atoms with van der Waals surface area (Å²) in [7, 11) is 0. The van der Waals surface area contributed by atoms with Crippen LogP contribution in [-0.2, 0) is 9.53 Å². The van der Waals surface area contributed by atoms with Crippen molar-refractivity contribution in [3.63, 3.8) is 0 Å². The lowest BCUT2D eigenvalue weighted by atomic mass is 10.0. The molecule has 0 aromatic rings. The zero-order valence-corrected chi connectivity index (χ0v) is 19.3. The molecule has 0 amide bonds. The fourth-order valence-corrected chi connectivity index (χ4v) is 3.75. The number of hydrogen-bond donors (Lipinski definition) is 0. The van der Waals surface area contributed by atoms with Crippen LogP contribution in [0.4, 0.5) is 0 Å². The second-order valence-corrected chi connectivity index (χ2v) is 8.52. The summed E-state index contributed by atoms with van der Waals surface area (Å²) in [5.41, 5.74) is 0. The fourth-order valence-electron chi connectivity index (χ4n) is 3.35. The first kappa shape index (κ1) is 26.0. The standard InChI is InChI=1S/C23H45BrO2/c1-3-5-7-14-18-22(19-15-8-6-4-2)26-23(25)20-16-12-10-9-11-13-17-21-24/h22H,3-21H2,1-2H3. The van der Waals surface area contributed by atoms with Crippen LogP contribution in [0.25, 0.3) is 0 Å². The quantitative estimate of drug-likeness (QED) is 0.110. The molecule has 26 heavy (non-hydrogen) atoms. The van der Waals surface area contributed by atoms with Crippen molar-refractivity contribution in [2.24, 2.45) is 0 Å². The van der Waals surface area contributed by atoms with Gasteiger partial charge in [0.2, 0.25) is 0 Å². The largest absolute Gasteiger partial charge is 0.462 e. The summed E-state index contributed by atoms with van der Waals surface area (Å²) in [6.07, 6.45) is 21.6. The van der Waals surface area contributed by atoms with Gasteiger partial charge in [0.05, 0.1) is 0 Å². The average molecular weight is 434 g/mol. The number of ether oxygens (including phenoxy) is 1. The maximum absolute atomic E-state index is 12.2. The van der Waals surface area contributed by atoms with E-state index in [-0.39, 0.29) is 12.1 Å². The van der Waals surface area contributed by atoms with Crippen molar-refractivity contribution in [3.8, 4) is 0 Å². The number of unbranched alkanes of at least 4 members (excludes halogenated alkanes) is 12. The second-order valence-electron chi connectivity index (χ2n) is 7.72. The lowest BCUT2D eigenvalue weighted by molar-refractivity contribution is -0.150. The monoisotopic (exact) mass is 432 g/mol. The van der Waals surface area contributed by atoms with Gasteiger partial charge in [-0.1, -0.05) is 100 Å². The van der Waals surface area contributed by atoms with Gasteiger partial charge in [-0.25, -0.2) is 0 Å². The van der Waals surface area contributed by atoms with E-state index in [1.807, 2.05) is 0 Å². The highest BCUT2D eigenvalue weighted by molar-refractivity contribution is 9.09. The highest BCUT2D eigenvalue weighted by Gasteiger charge is 2.14. The Hall–Kier alpha value is -0.0500. The zero-order chi connectivity index (χ0) is 19.3. The van der Waals surface area contributed by atoms with E-state index in [0.717, 1.165) is 24.6 Å². The minimum Gasteiger partial charge on any atom is -0.462 e. The van der Waals surface area contributed by atoms with E-state index in [1.165, 1.54) is 89.9 Å². The SMILES string of the molecule is CCCCCCC(CCCCCC)OC(=O)CCCCCCCCCBr. The minimum atomic E-state index is 0.0419. The van der Waals surface area contributed by atoms with E-state index in [0.29, 0.717) is 6.42 Å². The summed E-state index contributed by atoms with van der Waals surface area (Å²) in [5, 5.41) is 1.12. The molecule has 0 radical (unpaired) electrons. The molecular weight excluding hydrogens is 388 g/mol. The number of alkyl halides is 1. The first-order valence-electron chi connectivity index (χ1n) is 11.5. The van der Waals surface area contributed by atoms with Crippen LogP contribution in [0.1, 0.15) is 129 Å².